The van der Waals surface area contributed by atoms with Gasteiger partial charge >= 0.3 is 5.69 Å². The lowest BCUT2D eigenvalue weighted by Crippen LogP contribution is -2.48. The molecular weight excluding hydrogens is 1560 g/mol. The number of aromatic nitrogens is 2. The molecule has 3 atom stereocenters. The zero-order valence-electron chi connectivity index (χ0n) is 65.5. The van der Waals surface area contributed by atoms with E-state index in [0.29, 0.717) is 93.9 Å². The number of hydrogen-bond acceptors (Lipinski definition) is 24. The fourth-order valence-corrected chi connectivity index (χ4v) is 14.1. The Morgan fingerprint density at radius 3 is 1.32 bits per heavy atom. The molecule has 7 heterocycles. The Morgan fingerprint density at radius 1 is 0.500 bits per heavy atom. The average molecular weight is 1650 g/mol. The molecular formula is C82H89N17O21. The number of nitrogens with zero attached hydrogens (tertiary/aromatic N) is 9. The monoisotopic (exact) mass is 1650 g/mol. The van der Waals surface area contributed by atoms with Gasteiger partial charge in [0.25, 0.3) is 0 Å². The van der Waals surface area contributed by atoms with Crippen LogP contribution in [0.1, 0.15) is 75.8 Å². The molecule has 1 aromatic heterocycles. The lowest BCUT2D eigenvalue weighted by atomic mass is 9.81. The molecule has 3 unspecified atom stereocenters. The van der Waals surface area contributed by atoms with Gasteiger partial charge in [-0.2, -0.15) is 0 Å². The minimum Gasteiger partial charge on any atom is -0.396 e. The number of fused-ring (bicyclic) bond motifs is 7. The van der Waals surface area contributed by atoms with Gasteiger partial charge in [0.15, 0.2) is 5.52 Å². The summed E-state index contributed by atoms with van der Waals surface area (Å²) in [4.78, 5) is 173. The number of aryl methyl sites for hydroxylation is 2. The number of anilines is 13. The van der Waals surface area contributed by atoms with Crippen LogP contribution in [0.25, 0.3) is 11.0 Å². The molecule has 13 amide bonds. The normalized spacial score (nSPS) is 17.7. The van der Waals surface area contributed by atoms with E-state index in [0.717, 1.165) is 23.2 Å². The van der Waals surface area contributed by atoms with E-state index >= 15 is 0 Å². The van der Waals surface area contributed by atoms with Crippen molar-refractivity contribution in [2.45, 2.75) is 96.9 Å². The number of nitro benzene ring substituents is 1. The van der Waals surface area contributed by atoms with Crippen LogP contribution in [0.3, 0.4) is 0 Å². The highest BCUT2D eigenvalue weighted by molar-refractivity contribution is 6.15. The maximum Gasteiger partial charge on any atom is 0.300 e. The Hall–Kier alpha value is -14.0. The quantitative estimate of drug-likeness (QED) is 0.0475. The Bertz CT molecular complexity index is 5270. The number of carbonyl (C=O) groups is 13. The van der Waals surface area contributed by atoms with Crippen molar-refractivity contribution in [3.05, 3.63) is 167 Å². The van der Waals surface area contributed by atoms with Crippen molar-refractivity contribution in [3.8, 4) is 0 Å². The highest BCUT2D eigenvalue weighted by Gasteiger charge is 2.41. The molecule has 38 nitrogen and oxygen atoms in total. The molecule has 2 fully saturated rings. The summed E-state index contributed by atoms with van der Waals surface area (Å²) >= 11 is 0. The van der Waals surface area contributed by atoms with E-state index in [1.165, 1.54) is 41.5 Å². The van der Waals surface area contributed by atoms with E-state index < -0.39 is 29.6 Å². The van der Waals surface area contributed by atoms with Crippen molar-refractivity contribution in [1.82, 2.24) is 15.6 Å². The molecule has 0 bridgehead atoms. The van der Waals surface area contributed by atoms with Crippen molar-refractivity contribution in [2.24, 2.45) is 11.8 Å². The van der Waals surface area contributed by atoms with Gasteiger partial charge < -0.3 is 97.5 Å². The lowest BCUT2D eigenvalue weighted by Gasteiger charge is -2.36. The Morgan fingerprint density at radius 2 is 0.892 bits per heavy atom. The maximum atomic E-state index is 12.6. The summed E-state index contributed by atoms with van der Waals surface area (Å²) in [7, 11) is 0. The van der Waals surface area contributed by atoms with Crippen LogP contribution < -0.4 is 71.9 Å². The Balaban J connectivity index is 0.000000142. The van der Waals surface area contributed by atoms with Crippen molar-refractivity contribution < 1.29 is 97.4 Å². The molecule has 120 heavy (non-hydrogen) atoms. The van der Waals surface area contributed by atoms with E-state index in [9.17, 15) is 87.8 Å². The van der Waals surface area contributed by atoms with E-state index in [2.05, 4.69) is 57.5 Å². The minimum atomic E-state index is -0.709. The number of rotatable bonds is 15. The summed E-state index contributed by atoms with van der Waals surface area (Å²) in [5, 5.41) is 85.8. The average Bonchev–Trinajstić information content (AvgIpc) is 1.25. The molecule has 13 N–H and O–H groups in total. The van der Waals surface area contributed by atoms with E-state index in [1.54, 1.807) is 91.9 Å². The van der Waals surface area contributed by atoms with Gasteiger partial charge in [-0.15, -0.1) is 0 Å². The second kappa shape index (κ2) is 39.8. The summed E-state index contributed by atoms with van der Waals surface area (Å²) in [6.07, 6.45) is 1.77. The molecule has 2 aliphatic carbocycles. The molecule has 0 saturated heterocycles. The van der Waals surface area contributed by atoms with Crippen LogP contribution in [0.5, 0.6) is 0 Å². The minimum absolute atomic E-state index is 0.00255. The summed E-state index contributed by atoms with van der Waals surface area (Å²) in [5.41, 5.74) is 10.5. The van der Waals surface area contributed by atoms with Crippen molar-refractivity contribution in [3.63, 3.8) is 0 Å². The number of carbonyl (C=O) groups excluding carboxylic acids is 13. The third-order valence-corrected chi connectivity index (χ3v) is 20.2. The van der Waals surface area contributed by atoms with Crippen LogP contribution in [-0.4, -0.2) is 201 Å². The number of aliphatic hydroxyl groups is 5. The molecule has 0 radical (unpaired) electrons. The van der Waals surface area contributed by atoms with Gasteiger partial charge in [-0.1, -0.05) is 60.7 Å². The summed E-state index contributed by atoms with van der Waals surface area (Å²) in [6, 6.07) is 42.2. The summed E-state index contributed by atoms with van der Waals surface area (Å²) < 4.78 is 4.61. The van der Waals surface area contributed by atoms with E-state index in [4.69, 9.17) is 10.2 Å². The first-order valence-corrected chi connectivity index (χ1v) is 38.4. The van der Waals surface area contributed by atoms with Gasteiger partial charge in [0.05, 0.1) is 123 Å². The van der Waals surface area contributed by atoms with Crippen LogP contribution in [0.4, 0.5) is 79.6 Å². The lowest BCUT2D eigenvalue weighted by molar-refractivity contribution is -0.383. The number of hydrogen-bond donors (Lipinski definition) is 13. The molecule has 0 spiro atoms. The highest BCUT2D eigenvalue weighted by atomic mass is 16.6. The molecule has 2 saturated carbocycles. The first-order valence-electron chi connectivity index (χ1n) is 38.4. The molecule has 16 rings (SSSR count). The van der Waals surface area contributed by atoms with Crippen LogP contribution in [0.2, 0.25) is 0 Å². The first-order chi connectivity index (χ1) is 57.6. The Labute approximate surface area is 685 Å². The largest absolute Gasteiger partial charge is 0.396 e. The smallest absolute Gasteiger partial charge is 0.300 e. The first kappa shape index (κ1) is 86.9. The fourth-order valence-electron chi connectivity index (χ4n) is 14.1. The number of para-hydroxylation sites is 10. The topological polar surface area (TPSA) is 521 Å². The van der Waals surface area contributed by atoms with Gasteiger partial charge in [-0.3, -0.25) is 72.4 Å². The number of nitrogens with one attached hydrogen (secondary N) is 8. The number of amides is 13. The second-order valence-corrected chi connectivity index (χ2v) is 28.8. The van der Waals surface area contributed by atoms with Crippen molar-refractivity contribution in [1.29, 1.82) is 0 Å². The molecule has 628 valence electrons. The van der Waals surface area contributed by atoms with Crippen LogP contribution in [-0.2, 0) is 62.3 Å². The predicted octanol–water partition coefficient (Wildman–Crippen LogP) is 4.98. The number of benzene rings is 7. The number of aliphatic hydroxyl groups excluding tert-OH is 5. The third kappa shape index (κ3) is 21.4. The molecule has 38 heteroatoms. The van der Waals surface area contributed by atoms with Crippen molar-refractivity contribution >= 4 is 167 Å². The second-order valence-electron chi connectivity index (χ2n) is 28.8. The van der Waals surface area contributed by atoms with Gasteiger partial charge in [-0.25, -0.2) is 4.63 Å². The summed E-state index contributed by atoms with van der Waals surface area (Å²) in [6.45, 7) is 5.01. The molecule has 6 aliphatic heterocycles. The highest BCUT2D eigenvalue weighted by Crippen LogP contribution is 2.39. The van der Waals surface area contributed by atoms with Gasteiger partial charge in [-0.05, 0) is 153 Å². The number of non-ortho nitro benzene ring substituents is 1. The standard InChI is InChI=1S/C17H14N6O5.C14H16N2O3.C13H15N3O4.C13H14N2O3.C13H16N2O3.C12H14N2O3/c24-14-9-22(12-4-2-1-3-10(12)19-14)15(25)7-8-18-11-5-6-13(23(26)27)17-16(11)20-28-21-17;17-12-7-3-4-9(12)14(19)16-8-13(18)15-10-5-1-2-6-11(10)16;17-8-12(19)14-6-5-13(20)16-7-11(18)15-9-3-1-2-4-10(9)16;16-9-5-8(6-9)13(18)15-7-12(17)14-10-3-1-2-4-11(10)15;1-8-5-10-11(6-9(8)2)15(7-12(17)14-10)13(18)3-4-16;1-8(15)6-12(17)14-7-11(16)13-9-4-2-3-5-10(9)14/h1-6,18H,7-9H2,(H,19,24);1-2,5-6,9,12,17H,3-4,7-8H2,(H,15,18);1-4,17H,5-8H2,(H,14,19)(H,15,18);1-4,8-9,16H,5-7H2,(H,14,17);5-6,16H,3-4,7H2,1-2H3,(H,14,17);2-5,8,15H,6-7H2,1H3,(H,13,16). The molecule has 7 aromatic carbocycles. The van der Waals surface area contributed by atoms with Crippen LogP contribution in [0, 0.1) is 35.8 Å². The zero-order valence-corrected chi connectivity index (χ0v) is 65.5. The SMILES string of the molecule is CC(O)CC(=O)N1CC(=O)Nc2ccccc21.Cc1cc2c(cc1C)N(C(=O)CCO)CC(=O)N2.O=C(CO)NCCC(=O)N1CC(=O)Nc2ccccc21.O=C1CN(C(=O)C2CC(O)C2)c2ccccc2N1.O=C1CN(C(=O)C2CCCC2O)c2ccccc2N1.O=C1CN(C(=O)CCNc2ccc([N+](=O)[O-])c3nonc23)c2ccccc2N1. The van der Waals surface area contributed by atoms with Crippen molar-refractivity contribution in [2.75, 3.05) is 132 Å². The van der Waals surface area contributed by atoms with Gasteiger partial charge in [0.2, 0.25) is 82.3 Å². The Kier molecular flexibility index (Phi) is 28.8. The zero-order chi connectivity index (χ0) is 86.0. The maximum absolute atomic E-state index is 12.6. The summed E-state index contributed by atoms with van der Waals surface area (Å²) in [5.74, 6) is -3.57. The van der Waals surface area contributed by atoms with E-state index in [1.807, 2.05) is 62.4 Å². The van der Waals surface area contributed by atoms with Crippen LogP contribution in [0.15, 0.2) is 150 Å². The third-order valence-electron chi connectivity index (χ3n) is 20.2. The van der Waals surface area contributed by atoms with Gasteiger partial charge in [0.1, 0.15) is 45.9 Å². The predicted molar refractivity (Wildman–Crippen MR) is 440 cm³/mol. The van der Waals surface area contributed by atoms with E-state index in [-0.39, 0.29) is 190 Å². The van der Waals surface area contributed by atoms with Gasteiger partial charge in [0, 0.05) is 37.9 Å². The molecule has 8 aliphatic rings. The number of nitro groups is 1. The fraction of sp³-hybridized carbons (Fsp3) is 0.329. The molecule has 8 aromatic rings. The van der Waals surface area contributed by atoms with Crippen LogP contribution >= 0.6 is 0 Å².